The van der Waals surface area contributed by atoms with Gasteiger partial charge in [-0.15, -0.1) is 0 Å². The highest BCUT2D eigenvalue weighted by Crippen LogP contribution is 2.28. The van der Waals surface area contributed by atoms with E-state index in [2.05, 4.69) is 25.1 Å². The number of aromatic nitrogens is 2. The smallest absolute Gasteiger partial charge is 0.243 e. The third-order valence-corrected chi connectivity index (χ3v) is 8.45. The predicted octanol–water partition coefficient (Wildman–Crippen LogP) is 2.45. The van der Waals surface area contributed by atoms with Crippen LogP contribution in [0.15, 0.2) is 41.6 Å². The molecule has 0 saturated carbocycles. The maximum absolute atomic E-state index is 13.0. The first-order chi connectivity index (χ1) is 15.9. The number of piperazine rings is 1. The van der Waals surface area contributed by atoms with E-state index in [0.717, 1.165) is 19.3 Å². The van der Waals surface area contributed by atoms with Crippen molar-refractivity contribution in [3.63, 3.8) is 0 Å². The van der Waals surface area contributed by atoms with Crippen LogP contribution in [0.2, 0.25) is 5.02 Å². The zero-order valence-corrected chi connectivity index (χ0v) is 20.2. The number of amides is 1. The topological polar surface area (TPSA) is 98.7 Å². The summed E-state index contributed by atoms with van der Waals surface area (Å²) in [5, 5.41) is 3.14. The van der Waals surface area contributed by atoms with E-state index in [4.69, 9.17) is 11.6 Å². The van der Waals surface area contributed by atoms with Crippen molar-refractivity contribution in [1.29, 1.82) is 0 Å². The molecule has 0 radical (unpaired) electrons. The molecular formula is C22H29ClN6O3S. The Balaban J connectivity index is 1.40. The van der Waals surface area contributed by atoms with Crippen molar-refractivity contribution in [3.05, 3.63) is 41.7 Å². The highest BCUT2D eigenvalue weighted by atomic mass is 35.5. The number of nitrogens with one attached hydrogen (secondary N) is 1. The van der Waals surface area contributed by atoms with Crippen LogP contribution in [0, 0.1) is 0 Å². The number of benzene rings is 1. The molecule has 2 aliphatic rings. The third kappa shape index (κ3) is 5.46. The molecule has 9 nitrogen and oxygen atoms in total. The average Bonchev–Trinajstić information content (AvgIpc) is 2.86. The molecule has 2 aromatic rings. The molecule has 1 N–H and O–H groups in total. The van der Waals surface area contributed by atoms with Crippen LogP contribution in [-0.2, 0) is 14.8 Å². The lowest BCUT2D eigenvalue weighted by molar-refractivity contribution is -0.120. The van der Waals surface area contributed by atoms with E-state index in [1.165, 1.54) is 22.5 Å². The summed E-state index contributed by atoms with van der Waals surface area (Å²) in [5.74, 6) is 0.460. The minimum Gasteiger partial charge on any atom is -0.338 e. The molecule has 0 bridgehead atoms. The Morgan fingerprint density at radius 3 is 2.36 bits per heavy atom. The minimum absolute atomic E-state index is 0.147. The molecule has 11 heteroatoms. The third-order valence-electron chi connectivity index (χ3n) is 6.22. The predicted molar refractivity (Wildman–Crippen MR) is 128 cm³/mol. The van der Waals surface area contributed by atoms with Crippen LogP contribution in [-0.4, -0.2) is 78.8 Å². The van der Waals surface area contributed by atoms with Crippen molar-refractivity contribution in [2.75, 3.05) is 49.5 Å². The van der Waals surface area contributed by atoms with Crippen LogP contribution in [0.3, 0.4) is 0 Å². The first-order valence-electron chi connectivity index (χ1n) is 11.2. The number of sulfonamides is 1. The summed E-state index contributed by atoms with van der Waals surface area (Å²) in [5.41, 5.74) is 0.308. The molecule has 2 saturated heterocycles. The van der Waals surface area contributed by atoms with Crippen LogP contribution >= 0.6 is 11.6 Å². The molecule has 1 aromatic heterocycles. The standard InChI is InChI=1S/C22H29ClN6O3S/c1-17(27-12-14-28(15-13-27)22-24-8-5-9-25-22)21(30)26-20-16-18(6-7-19(20)23)33(31,32)29-10-3-2-4-11-29/h5-9,16-17H,2-4,10-15H2,1H3,(H,26,30). The average molecular weight is 493 g/mol. The minimum atomic E-state index is -3.61. The van der Waals surface area contributed by atoms with E-state index in [9.17, 15) is 13.2 Å². The fourth-order valence-corrected chi connectivity index (χ4v) is 5.89. The number of carbonyl (C=O) groups excluding carboxylic acids is 1. The van der Waals surface area contributed by atoms with Gasteiger partial charge in [-0.05, 0) is 44.0 Å². The number of rotatable bonds is 6. The molecule has 1 aromatic carbocycles. The van der Waals surface area contributed by atoms with Gasteiger partial charge in [0.25, 0.3) is 0 Å². The Labute approximate surface area is 199 Å². The van der Waals surface area contributed by atoms with Crippen molar-refractivity contribution in [2.45, 2.75) is 37.1 Å². The van der Waals surface area contributed by atoms with E-state index < -0.39 is 16.1 Å². The molecule has 4 rings (SSSR count). The quantitative estimate of drug-likeness (QED) is 0.661. The van der Waals surface area contributed by atoms with Crippen molar-refractivity contribution in [3.8, 4) is 0 Å². The van der Waals surface area contributed by atoms with E-state index in [-0.39, 0.29) is 10.8 Å². The maximum Gasteiger partial charge on any atom is 0.243 e. The van der Waals surface area contributed by atoms with E-state index in [1.807, 2.05) is 6.92 Å². The van der Waals surface area contributed by atoms with Gasteiger partial charge in [-0.3, -0.25) is 9.69 Å². The summed E-state index contributed by atoms with van der Waals surface area (Å²) in [6, 6.07) is 5.86. The van der Waals surface area contributed by atoms with Gasteiger partial charge in [-0.1, -0.05) is 18.0 Å². The molecule has 3 heterocycles. The Bertz CT molecular complexity index is 1070. The van der Waals surface area contributed by atoms with Crippen molar-refractivity contribution in [2.24, 2.45) is 0 Å². The monoisotopic (exact) mass is 492 g/mol. The van der Waals surface area contributed by atoms with Crippen molar-refractivity contribution >= 4 is 39.2 Å². The number of hydrogen-bond donors (Lipinski definition) is 1. The second-order valence-corrected chi connectivity index (χ2v) is 10.7. The number of hydrogen-bond acceptors (Lipinski definition) is 7. The van der Waals surface area contributed by atoms with Crippen molar-refractivity contribution < 1.29 is 13.2 Å². The largest absolute Gasteiger partial charge is 0.338 e. The Morgan fingerprint density at radius 1 is 1.03 bits per heavy atom. The van der Waals surface area contributed by atoms with Crippen molar-refractivity contribution in [1.82, 2.24) is 19.2 Å². The summed E-state index contributed by atoms with van der Waals surface area (Å²) in [6.07, 6.45) is 6.19. The molecule has 2 aliphatic heterocycles. The summed E-state index contributed by atoms with van der Waals surface area (Å²) in [4.78, 5) is 25.9. The lowest BCUT2D eigenvalue weighted by Gasteiger charge is -2.37. The molecule has 33 heavy (non-hydrogen) atoms. The molecule has 0 aliphatic carbocycles. The summed E-state index contributed by atoms with van der Waals surface area (Å²) in [7, 11) is -3.61. The lowest BCUT2D eigenvalue weighted by Crippen LogP contribution is -2.53. The van der Waals surface area contributed by atoms with Gasteiger partial charge in [0.2, 0.25) is 21.9 Å². The van der Waals surface area contributed by atoms with Crippen LogP contribution in [0.5, 0.6) is 0 Å². The highest BCUT2D eigenvalue weighted by Gasteiger charge is 2.29. The number of piperidine rings is 1. The zero-order valence-electron chi connectivity index (χ0n) is 18.7. The molecule has 2 fully saturated rings. The SMILES string of the molecule is CC(C(=O)Nc1cc(S(=O)(=O)N2CCCCC2)ccc1Cl)N1CCN(c2ncccn2)CC1. The van der Waals surface area contributed by atoms with Crippen LogP contribution in [0.25, 0.3) is 0 Å². The zero-order chi connectivity index (χ0) is 23.4. The molecule has 1 unspecified atom stereocenters. The van der Waals surface area contributed by atoms with Gasteiger partial charge in [0, 0.05) is 51.7 Å². The summed E-state index contributed by atoms with van der Waals surface area (Å²) >= 11 is 6.30. The molecule has 178 valence electrons. The van der Waals surface area contributed by atoms with Gasteiger partial charge in [0.05, 0.1) is 21.6 Å². The van der Waals surface area contributed by atoms with Crippen LogP contribution < -0.4 is 10.2 Å². The van der Waals surface area contributed by atoms with E-state index in [1.54, 1.807) is 18.5 Å². The van der Waals surface area contributed by atoms with Gasteiger partial charge >= 0.3 is 0 Å². The van der Waals surface area contributed by atoms with Gasteiger partial charge < -0.3 is 10.2 Å². The summed E-state index contributed by atoms with van der Waals surface area (Å²) < 4.78 is 27.5. The van der Waals surface area contributed by atoms with Gasteiger partial charge in [-0.2, -0.15) is 4.31 Å². The fraction of sp³-hybridized carbons (Fsp3) is 0.500. The Morgan fingerprint density at radius 2 is 1.70 bits per heavy atom. The number of carbonyl (C=O) groups is 1. The van der Waals surface area contributed by atoms with Gasteiger partial charge in [-0.25, -0.2) is 18.4 Å². The fourth-order valence-electron chi connectivity index (χ4n) is 4.18. The molecule has 1 amide bonds. The maximum atomic E-state index is 13.0. The Kier molecular flexibility index (Phi) is 7.48. The lowest BCUT2D eigenvalue weighted by atomic mass is 10.2. The van der Waals surface area contributed by atoms with E-state index in [0.29, 0.717) is 55.9 Å². The molecular weight excluding hydrogens is 464 g/mol. The normalized spacial score (nSPS) is 19.3. The van der Waals surface area contributed by atoms with Gasteiger partial charge in [0.1, 0.15) is 0 Å². The number of anilines is 2. The number of nitrogens with zero attached hydrogens (tertiary/aromatic N) is 5. The Hall–Kier alpha value is -2.27. The molecule has 0 spiro atoms. The van der Waals surface area contributed by atoms with E-state index >= 15 is 0 Å². The summed E-state index contributed by atoms with van der Waals surface area (Å²) in [6.45, 7) is 5.67. The van der Waals surface area contributed by atoms with Crippen LogP contribution in [0.4, 0.5) is 11.6 Å². The second-order valence-electron chi connectivity index (χ2n) is 8.34. The molecule has 1 atom stereocenters. The van der Waals surface area contributed by atoms with Gasteiger partial charge in [0.15, 0.2) is 0 Å². The highest BCUT2D eigenvalue weighted by molar-refractivity contribution is 7.89. The number of halogens is 1. The first-order valence-corrected chi connectivity index (χ1v) is 13.0. The first kappa shape index (κ1) is 23.9. The van der Waals surface area contributed by atoms with Crippen LogP contribution in [0.1, 0.15) is 26.2 Å². The second kappa shape index (κ2) is 10.3.